The first kappa shape index (κ1) is 17.5. The normalized spacial score (nSPS) is 26.0. The van der Waals surface area contributed by atoms with Crippen LogP contribution in [0.2, 0.25) is 0 Å². The van der Waals surface area contributed by atoms with Crippen molar-refractivity contribution in [2.45, 2.75) is 37.5 Å². The van der Waals surface area contributed by atoms with Gasteiger partial charge in [-0.05, 0) is 43.0 Å². The van der Waals surface area contributed by atoms with E-state index in [0.717, 1.165) is 29.7 Å². The molecule has 1 aliphatic heterocycles. The Morgan fingerprint density at radius 1 is 1.16 bits per heavy atom. The fourth-order valence-electron chi connectivity index (χ4n) is 3.52. The van der Waals surface area contributed by atoms with E-state index in [1.54, 1.807) is 7.11 Å². The molecule has 2 aromatic rings. The Kier molecular flexibility index (Phi) is 5.08. The van der Waals surface area contributed by atoms with E-state index in [1.807, 2.05) is 49.4 Å². The van der Waals surface area contributed by atoms with Gasteiger partial charge in [0.15, 0.2) is 0 Å². The van der Waals surface area contributed by atoms with E-state index in [-0.39, 0.29) is 0 Å². The molecule has 3 rings (SSSR count). The first-order valence-electron chi connectivity index (χ1n) is 8.62. The van der Waals surface area contributed by atoms with Crippen LogP contribution in [0.25, 0.3) is 0 Å². The quantitative estimate of drug-likeness (QED) is 0.903. The van der Waals surface area contributed by atoms with Crippen molar-refractivity contribution in [3.8, 4) is 11.8 Å². The van der Waals surface area contributed by atoms with Crippen LogP contribution in [0, 0.1) is 11.3 Å². The number of nitrogens with zero attached hydrogens (tertiary/aromatic N) is 1. The van der Waals surface area contributed by atoms with Crippen LogP contribution in [-0.4, -0.2) is 19.3 Å². The van der Waals surface area contributed by atoms with E-state index >= 15 is 0 Å². The molecule has 0 amide bonds. The van der Waals surface area contributed by atoms with E-state index in [9.17, 15) is 5.26 Å². The molecule has 1 N–H and O–H groups in total. The summed E-state index contributed by atoms with van der Waals surface area (Å²) in [5.41, 5.74) is 0.631. The van der Waals surface area contributed by atoms with Crippen molar-refractivity contribution in [3.05, 3.63) is 65.7 Å². The summed E-state index contributed by atoms with van der Waals surface area (Å²) in [6.07, 6.45) is 1.61. The standard InChI is InChI=1S/C21H24N2O2/c1-20(18-9-11-19(24-2)12-10-18)21(16-22,13-6-14-25-20)23-15-17-7-4-3-5-8-17/h3-5,7-12,23H,6,13-15H2,1-2H3. The van der Waals surface area contributed by atoms with Crippen molar-refractivity contribution < 1.29 is 9.47 Å². The van der Waals surface area contributed by atoms with Gasteiger partial charge in [0.2, 0.25) is 0 Å². The predicted octanol–water partition coefficient (Wildman–Crippen LogP) is 3.77. The van der Waals surface area contributed by atoms with Crippen molar-refractivity contribution in [1.29, 1.82) is 5.26 Å². The topological polar surface area (TPSA) is 54.3 Å². The van der Waals surface area contributed by atoms with Gasteiger partial charge >= 0.3 is 0 Å². The van der Waals surface area contributed by atoms with Gasteiger partial charge in [-0.2, -0.15) is 5.26 Å². The number of benzene rings is 2. The Labute approximate surface area is 149 Å². The van der Waals surface area contributed by atoms with Crippen molar-refractivity contribution in [2.75, 3.05) is 13.7 Å². The molecule has 130 valence electrons. The highest BCUT2D eigenvalue weighted by atomic mass is 16.5. The number of methoxy groups -OCH3 is 1. The third-order valence-electron chi connectivity index (χ3n) is 5.17. The second kappa shape index (κ2) is 7.26. The summed E-state index contributed by atoms with van der Waals surface area (Å²) in [6, 6.07) is 20.5. The summed E-state index contributed by atoms with van der Waals surface area (Å²) in [7, 11) is 1.65. The summed E-state index contributed by atoms with van der Waals surface area (Å²) in [4.78, 5) is 0. The molecule has 0 aliphatic carbocycles. The van der Waals surface area contributed by atoms with E-state index in [4.69, 9.17) is 9.47 Å². The molecular weight excluding hydrogens is 312 g/mol. The van der Waals surface area contributed by atoms with Gasteiger partial charge in [0.25, 0.3) is 0 Å². The minimum atomic E-state index is -0.782. The lowest BCUT2D eigenvalue weighted by molar-refractivity contribution is -0.120. The van der Waals surface area contributed by atoms with Gasteiger partial charge in [0.05, 0.1) is 13.2 Å². The first-order valence-corrected chi connectivity index (χ1v) is 8.62. The lowest BCUT2D eigenvalue weighted by Gasteiger charge is -2.48. The summed E-state index contributed by atoms with van der Waals surface area (Å²) in [6.45, 7) is 3.29. The first-order chi connectivity index (χ1) is 12.1. The monoisotopic (exact) mass is 336 g/mol. The maximum Gasteiger partial charge on any atom is 0.140 e. The molecule has 2 unspecified atom stereocenters. The lowest BCUT2D eigenvalue weighted by atomic mass is 9.72. The highest BCUT2D eigenvalue weighted by Crippen LogP contribution is 2.43. The van der Waals surface area contributed by atoms with Crippen LogP contribution in [0.3, 0.4) is 0 Å². The van der Waals surface area contributed by atoms with Gasteiger partial charge in [-0.15, -0.1) is 0 Å². The van der Waals surface area contributed by atoms with E-state index in [2.05, 4.69) is 23.5 Å². The maximum absolute atomic E-state index is 10.1. The molecule has 4 nitrogen and oxygen atoms in total. The van der Waals surface area contributed by atoms with Crippen molar-refractivity contribution in [1.82, 2.24) is 5.32 Å². The van der Waals surface area contributed by atoms with E-state index < -0.39 is 11.1 Å². The molecule has 1 saturated heterocycles. The molecule has 1 aliphatic rings. The van der Waals surface area contributed by atoms with Crippen molar-refractivity contribution in [3.63, 3.8) is 0 Å². The maximum atomic E-state index is 10.1. The van der Waals surface area contributed by atoms with E-state index in [0.29, 0.717) is 13.2 Å². The third-order valence-corrected chi connectivity index (χ3v) is 5.17. The fraction of sp³-hybridized carbons (Fsp3) is 0.381. The predicted molar refractivity (Wildman–Crippen MR) is 97.2 cm³/mol. The average molecular weight is 336 g/mol. The van der Waals surface area contributed by atoms with Gasteiger partial charge < -0.3 is 9.47 Å². The molecule has 0 radical (unpaired) electrons. The largest absolute Gasteiger partial charge is 0.497 e. The molecule has 2 atom stereocenters. The smallest absolute Gasteiger partial charge is 0.140 e. The lowest BCUT2D eigenvalue weighted by Crippen LogP contribution is -2.62. The Bertz CT molecular complexity index is 739. The molecule has 1 fully saturated rings. The zero-order valence-electron chi connectivity index (χ0n) is 14.8. The summed E-state index contributed by atoms with van der Waals surface area (Å²) >= 11 is 0. The summed E-state index contributed by atoms with van der Waals surface area (Å²) in [5, 5.41) is 13.6. The van der Waals surface area contributed by atoms with Crippen LogP contribution in [0.5, 0.6) is 5.75 Å². The molecule has 25 heavy (non-hydrogen) atoms. The third kappa shape index (κ3) is 3.26. The van der Waals surface area contributed by atoms with Crippen LogP contribution in [0.15, 0.2) is 54.6 Å². The number of nitriles is 1. The second-order valence-corrected chi connectivity index (χ2v) is 6.57. The fourth-order valence-corrected chi connectivity index (χ4v) is 3.52. The van der Waals surface area contributed by atoms with Crippen LogP contribution in [0.4, 0.5) is 0 Å². The SMILES string of the molecule is COc1ccc(C2(C)OCCCC2(C#N)NCc2ccccc2)cc1. The highest BCUT2D eigenvalue weighted by molar-refractivity contribution is 5.37. The Morgan fingerprint density at radius 2 is 1.88 bits per heavy atom. The number of hydrogen-bond acceptors (Lipinski definition) is 4. The number of ether oxygens (including phenoxy) is 2. The highest BCUT2D eigenvalue weighted by Gasteiger charge is 2.52. The number of rotatable bonds is 5. The molecule has 1 heterocycles. The average Bonchev–Trinajstić information content (AvgIpc) is 2.68. The van der Waals surface area contributed by atoms with Gasteiger partial charge in [0, 0.05) is 13.2 Å². The van der Waals surface area contributed by atoms with Gasteiger partial charge in [-0.3, -0.25) is 5.32 Å². The van der Waals surface area contributed by atoms with E-state index in [1.165, 1.54) is 0 Å². The Hall–Kier alpha value is -2.35. The molecule has 0 spiro atoms. The number of hydrogen-bond donors (Lipinski definition) is 1. The zero-order chi connectivity index (χ0) is 17.8. The minimum absolute atomic E-state index is 0.628. The number of nitrogens with one attached hydrogen (secondary N) is 1. The van der Waals surface area contributed by atoms with Gasteiger partial charge in [0.1, 0.15) is 16.9 Å². The molecule has 2 aromatic carbocycles. The van der Waals surface area contributed by atoms with Crippen LogP contribution in [-0.2, 0) is 16.9 Å². The molecule has 0 bridgehead atoms. The molecular formula is C21H24N2O2. The van der Waals surface area contributed by atoms with Crippen molar-refractivity contribution in [2.24, 2.45) is 0 Å². The summed E-state index contributed by atoms with van der Waals surface area (Å²) in [5.74, 6) is 0.794. The van der Waals surface area contributed by atoms with Crippen LogP contribution in [0.1, 0.15) is 30.9 Å². The Morgan fingerprint density at radius 3 is 2.52 bits per heavy atom. The summed E-state index contributed by atoms with van der Waals surface area (Å²) < 4.78 is 11.4. The molecule has 0 saturated carbocycles. The van der Waals surface area contributed by atoms with Gasteiger partial charge in [-0.25, -0.2) is 0 Å². The molecule has 0 aromatic heterocycles. The van der Waals surface area contributed by atoms with Crippen LogP contribution >= 0.6 is 0 Å². The van der Waals surface area contributed by atoms with Crippen molar-refractivity contribution >= 4 is 0 Å². The molecule has 4 heteroatoms. The second-order valence-electron chi connectivity index (χ2n) is 6.57. The van der Waals surface area contributed by atoms with Crippen LogP contribution < -0.4 is 10.1 Å². The Balaban J connectivity index is 1.92. The minimum Gasteiger partial charge on any atom is -0.497 e. The zero-order valence-corrected chi connectivity index (χ0v) is 14.8. The van der Waals surface area contributed by atoms with Gasteiger partial charge in [-0.1, -0.05) is 42.5 Å².